The smallest absolute Gasteiger partial charge is 0.262 e. The molecule has 4 nitrogen and oxygen atoms in total. The number of amides is 1. The van der Waals surface area contributed by atoms with Crippen molar-refractivity contribution in [3.63, 3.8) is 0 Å². The van der Waals surface area contributed by atoms with Crippen LogP contribution in [0.25, 0.3) is 0 Å². The molecule has 0 aromatic heterocycles. The maximum absolute atomic E-state index is 13.2. The summed E-state index contributed by atoms with van der Waals surface area (Å²) in [6.07, 6.45) is -0.267. The summed E-state index contributed by atoms with van der Waals surface area (Å²) in [4.78, 5) is 15.0. The molecular formula is C21H18N2O2. The Labute approximate surface area is 146 Å². The molecule has 1 atom stereocenters. The van der Waals surface area contributed by atoms with Crippen molar-refractivity contribution in [1.82, 2.24) is 0 Å². The first-order valence-corrected chi connectivity index (χ1v) is 8.16. The normalized spacial score (nSPS) is 16.1. The van der Waals surface area contributed by atoms with Crippen molar-refractivity contribution in [2.24, 2.45) is 0 Å². The molecule has 0 bridgehead atoms. The van der Waals surface area contributed by atoms with Crippen LogP contribution in [0.3, 0.4) is 0 Å². The molecule has 3 aromatic carbocycles. The quantitative estimate of drug-likeness (QED) is 0.770. The van der Waals surface area contributed by atoms with Gasteiger partial charge in [-0.1, -0.05) is 42.5 Å². The molecule has 1 heterocycles. The van der Waals surface area contributed by atoms with Gasteiger partial charge in [0.1, 0.15) is 11.9 Å². The third-order valence-electron chi connectivity index (χ3n) is 4.39. The lowest BCUT2D eigenvalue weighted by atomic mass is 10.0. The second kappa shape index (κ2) is 6.32. The molecule has 3 aromatic rings. The van der Waals surface area contributed by atoms with Crippen LogP contribution >= 0.6 is 0 Å². The minimum absolute atomic E-state index is 0.0200. The summed E-state index contributed by atoms with van der Waals surface area (Å²) in [5, 5.41) is 3.49. The number of hydrogen-bond donors (Lipinski definition) is 1. The Morgan fingerprint density at radius 1 is 0.880 bits per heavy atom. The molecular weight excluding hydrogens is 312 g/mol. The lowest BCUT2D eigenvalue weighted by Gasteiger charge is -2.38. The highest BCUT2D eigenvalue weighted by atomic mass is 16.5. The van der Waals surface area contributed by atoms with Gasteiger partial charge >= 0.3 is 0 Å². The number of hydrogen-bond acceptors (Lipinski definition) is 3. The summed E-state index contributed by atoms with van der Waals surface area (Å²) in [5.74, 6) is 0.742. The van der Waals surface area contributed by atoms with Gasteiger partial charge in [0.05, 0.1) is 12.7 Å². The molecule has 1 aliphatic rings. The first-order valence-electron chi connectivity index (χ1n) is 8.16. The molecule has 124 valence electrons. The Hall–Kier alpha value is -3.27. The predicted octanol–water partition coefficient (Wildman–Crippen LogP) is 4.47. The van der Waals surface area contributed by atoms with Crippen LogP contribution < -0.4 is 15.0 Å². The third-order valence-corrected chi connectivity index (χ3v) is 4.39. The van der Waals surface area contributed by atoms with E-state index < -0.39 is 0 Å². The molecule has 0 saturated carbocycles. The molecule has 0 saturated heterocycles. The standard InChI is InChI=1S/C21H18N2O2/c1-25-17-13-11-16(12-14-17)23-20(15-7-3-2-4-8-15)22-19-10-6-5-9-18(19)21(23)24/h2-14,20,22H,1H3/t20-/m0/s1. The summed E-state index contributed by atoms with van der Waals surface area (Å²) in [7, 11) is 1.63. The maximum atomic E-state index is 13.2. The summed E-state index contributed by atoms with van der Waals surface area (Å²) in [6, 6.07) is 25.1. The fourth-order valence-electron chi connectivity index (χ4n) is 3.13. The second-order valence-electron chi connectivity index (χ2n) is 5.88. The van der Waals surface area contributed by atoms with Crippen molar-refractivity contribution in [2.75, 3.05) is 17.3 Å². The van der Waals surface area contributed by atoms with Crippen LogP contribution in [0.15, 0.2) is 78.9 Å². The molecule has 4 heteroatoms. The number of para-hydroxylation sites is 1. The van der Waals surface area contributed by atoms with Gasteiger partial charge in [-0.05, 0) is 42.0 Å². The lowest BCUT2D eigenvalue weighted by molar-refractivity contribution is 0.0975. The highest BCUT2D eigenvalue weighted by molar-refractivity contribution is 6.12. The Bertz CT molecular complexity index is 891. The SMILES string of the molecule is COc1ccc(N2C(=O)c3ccccc3N[C@@H]2c2ccccc2)cc1. The molecule has 0 unspecified atom stereocenters. The van der Waals surface area contributed by atoms with Crippen LogP contribution in [0.5, 0.6) is 5.75 Å². The molecule has 1 amide bonds. The van der Waals surface area contributed by atoms with Crippen molar-refractivity contribution >= 4 is 17.3 Å². The van der Waals surface area contributed by atoms with Gasteiger partial charge in [0, 0.05) is 11.4 Å². The number of benzene rings is 3. The van der Waals surface area contributed by atoms with Gasteiger partial charge in [-0.25, -0.2) is 0 Å². The average Bonchev–Trinajstić information content (AvgIpc) is 2.69. The van der Waals surface area contributed by atoms with E-state index in [9.17, 15) is 4.79 Å². The highest BCUT2D eigenvalue weighted by Gasteiger charge is 2.33. The number of fused-ring (bicyclic) bond motifs is 1. The molecule has 0 radical (unpaired) electrons. The van der Waals surface area contributed by atoms with Gasteiger partial charge in [-0.2, -0.15) is 0 Å². The second-order valence-corrected chi connectivity index (χ2v) is 5.88. The van der Waals surface area contributed by atoms with Crippen LogP contribution in [0, 0.1) is 0 Å². The van der Waals surface area contributed by atoms with Crippen LogP contribution in [-0.4, -0.2) is 13.0 Å². The van der Waals surface area contributed by atoms with E-state index in [1.54, 1.807) is 12.0 Å². The first-order chi connectivity index (χ1) is 12.3. The zero-order valence-corrected chi connectivity index (χ0v) is 13.8. The number of anilines is 2. The largest absolute Gasteiger partial charge is 0.497 e. The van der Waals surface area contributed by atoms with Crippen LogP contribution in [0.4, 0.5) is 11.4 Å². The Morgan fingerprint density at radius 3 is 2.28 bits per heavy atom. The minimum Gasteiger partial charge on any atom is -0.497 e. The summed E-state index contributed by atoms with van der Waals surface area (Å²) < 4.78 is 5.23. The minimum atomic E-state index is -0.267. The van der Waals surface area contributed by atoms with Crippen molar-refractivity contribution in [3.8, 4) is 5.75 Å². The number of nitrogens with zero attached hydrogens (tertiary/aromatic N) is 1. The van der Waals surface area contributed by atoms with Gasteiger partial charge in [-0.15, -0.1) is 0 Å². The number of rotatable bonds is 3. The van der Waals surface area contributed by atoms with E-state index in [4.69, 9.17) is 4.74 Å². The highest BCUT2D eigenvalue weighted by Crippen LogP contribution is 2.36. The van der Waals surface area contributed by atoms with Crippen molar-refractivity contribution in [1.29, 1.82) is 0 Å². The number of ether oxygens (including phenoxy) is 1. The van der Waals surface area contributed by atoms with Crippen LogP contribution in [0.1, 0.15) is 22.1 Å². The summed E-state index contributed by atoms with van der Waals surface area (Å²) in [6.45, 7) is 0. The van der Waals surface area contributed by atoms with Crippen LogP contribution in [0.2, 0.25) is 0 Å². The molecule has 25 heavy (non-hydrogen) atoms. The van der Waals surface area contributed by atoms with Crippen LogP contribution in [-0.2, 0) is 0 Å². The Balaban J connectivity index is 1.83. The molecule has 0 spiro atoms. The monoisotopic (exact) mass is 330 g/mol. The summed E-state index contributed by atoms with van der Waals surface area (Å²) >= 11 is 0. The third kappa shape index (κ3) is 2.72. The molecule has 1 N–H and O–H groups in total. The number of carbonyl (C=O) groups is 1. The number of carbonyl (C=O) groups excluding carboxylic acids is 1. The molecule has 4 rings (SSSR count). The fourth-order valence-corrected chi connectivity index (χ4v) is 3.13. The van der Waals surface area contributed by atoms with Crippen molar-refractivity contribution < 1.29 is 9.53 Å². The zero-order valence-electron chi connectivity index (χ0n) is 13.8. The molecule has 1 aliphatic heterocycles. The van der Waals surface area contributed by atoms with E-state index in [1.807, 2.05) is 78.9 Å². The lowest BCUT2D eigenvalue weighted by Crippen LogP contribution is -2.43. The van der Waals surface area contributed by atoms with Gasteiger partial charge in [0.2, 0.25) is 0 Å². The van der Waals surface area contributed by atoms with E-state index in [2.05, 4.69) is 5.32 Å². The fraction of sp³-hybridized carbons (Fsp3) is 0.0952. The van der Waals surface area contributed by atoms with E-state index in [-0.39, 0.29) is 12.1 Å². The van der Waals surface area contributed by atoms with E-state index in [1.165, 1.54) is 0 Å². The average molecular weight is 330 g/mol. The maximum Gasteiger partial charge on any atom is 0.262 e. The van der Waals surface area contributed by atoms with Gasteiger partial charge in [0.25, 0.3) is 5.91 Å². The number of methoxy groups -OCH3 is 1. The van der Waals surface area contributed by atoms with Crippen molar-refractivity contribution in [3.05, 3.63) is 90.0 Å². The molecule has 0 aliphatic carbocycles. The van der Waals surface area contributed by atoms with Crippen molar-refractivity contribution in [2.45, 2.75) is 6.17 Å². The Morgan fingerprint density at radius 2 is 1.56 bits per heavy atom. The number of nitrogens with one attached hydrogen (secondary N) is 1. The Kier molecular flexibility index (Phi) is 3.86. The molecule has 0 fully saturated rings. The van der Waals surface area contributed by atoms with E-state index in [0.717, 1.165) is 22.7 Å². The first kappa shape index (κ1) is 15.3. The van der Waals surface area contributed by atoms with E-state index >= 15 is 0 Å². The topological polar surface area (TPSA) is 41.6 Å². The summed E-state index contributed by atoms with van der Waals surface area (Å²) in [5.41, 5.74) is 3.37. The predicted molar refractivity (Wildman–Crippen MR) is 99.1 cm³/mol. The van der Waals surface area contributed by atoms with E-state index in [0.29, 0.717) is 5.56 Å². The van der Waals surface area contributed by atoms with Gasteiger partial charge in [-0.3, -0.25) is 9.69 Å². The van der Waals surface area contributed by atoms with Gasteiger partial charge in [0.15, 0.2) is 0 Å². The van der Waals surface area contributed by atoms with Gasteiger partial charge < -0.3 is 10.1 Å². The zero-order chi connectivity index (χ0) is 17.2.